The number of aromatic nitrogens is 2. The molecular formula is C24H26N4O4. The van der Waals surface area contributed by atoms with Gasteiger partial charge in [0.15, 0.2) is 18.1 Å². The Bertz CT molecular complexity index is 1090. The highest BCUT2D eigenvalue weighted by Crippen LogP contribution is 2.23. The number of hydrogen-bond donors (Lipinski definition) is 0. The number of amides is 1. The van der Waals surface area contributed by atoms with Crippen molar-refractivity contribution in [3.63, 3.8) is 0 Å². The largest absolute Gasteiger partial charge is 0.484 e. The lowest BCUT2D eigenvalue weighted by molar-refractivity contribution is -0.133. The number of hydrogen-bond acceptors (Lipinski definition) is 7. The molecule has 1 aliphatic heterocycles. The van der Waals surface area contributed by atoms with Crippen molar-refractivity contribution in [2.45, 2.75) is 13.3 Å². The Hall–Kier alpha value is -3.68. The molecule has 1 fully saturated rings. The van der Waals surface area contributed by atoms with Crippen LogP contribution in [0.2, 0.25) is 0 Å². The molecule has 1 saturated heterocycles. The quantitative estimate of drug-likeness (QED) is 0.552. The van der Waals surface area contributed by atoms with Crippen LogP contribution >= 0.6 is 0 Å². The molecule has 2 heterocycles. The first-order valence-electron chi connectivity index (χ1n) is 10.8. The average Bonchev–Trinajstić information content (AvgIpc) is 3.09. The number of nitrogens with zero attached hydrogens (tertiary/aromatic N) is 4. The Morgan fingerprint density at radius 3 is 2.38 bits per heavy atom. The molecule has 1 aliphatic rings. The standard InChI is InChI=1S/C24H26N4O4/c1-2-31-24(30)22-23(26-20-12-7-6-11-19(20)25-22)28-14-8-13-27(15-16-28)21(29)17-32-18-9-4-3-5-10-18/h3-7,9-12H,2,8,13-17H2,1H3. The molecule has 2 aromatic carbocycles. The Labute approximate surface area is 186 Å². The van der Waals surface area contributed by atoms with Crippen molar-refractivity contribution < 1.29 is 19.1 Å². The topological polar surface area (TPSA) is 84.9 Å². The zero-order valence-corrected chi connectivity index (χ0v) is 18.1. The third-order valence-electron chi connectivity index (χ3n) is 5.27. The van der Waals surface area contributed by atoms with Crippen LogP contribution in [0.3, 0.4) is 0 Å². The predicted molar refractivity (Wildman–Crippen MR) is 121 cm³/mol. The lowest BCUT2D eigenvalue weighted by atomic mass is 10.2. The maximum Gasteiger partial charge on any atom is 0.360 e. The summed E-state index contributed by atoms with van der Waals surface area (Å²) in [6.45, 7) is 4.33. The molecule has 1 amide bonds. The van der Waals surface area contributed by atoms with Gasteiger partial charge in [-0.2, -0.15) is 0 Å². The first-order chi connectivity index (χ1) is 15.7. The van der Waals surface area contributed by atoms with Crippen LogP contribution in [-0.2, 0) is 9.53 Å². The number of carbonyl (C=O) groups is 2. The molecule has 0 spiro atoms. The molecule has 0 atom stereocenters. The molecule has 0 bridgehead atoms. The van der Waals surface area contributed by atoms with E-state index in [2.05, 4.69) is 4.98 Å². The average molecular weight is 434 g/mol. The molecule has 0 aliphatic carbocycles. The van der Waals surface area contributed by atoms with E-state index in [1.54, 1.807) is 11.8 Å². The molecule has 0 radical (unpaired) electrons. The summed E-state index contributed by atoms with van der Waals surface area (Å²) < 4.78 is 10.8. The minimum Gasteiger partial charge on any atom is -0.484 e. The smallest absolute Gasteiger partial charge is 0.360 e. The molecule has 4 rings (SSSR count). The summed E-state index contributed by atoms with van der Waals surface area (Å²) in [5.41, 5.74) is 1.56. The maximum atomic E-state index is 12.7. The van der Waals surface area contributed by atoms with Crippen LogP contribution in [0, 0.1) is 0 Å². The van der Waals surface area contributed by atoms with Crippen LogP contribution in [0.4, 0.5) is 5.82 Å². The lowest BCUT2D eigenvalue weighted by Gasteiger charge is -2.24. The minimum atomic E-state index is -0.491. The molecular weight excluding hydrogens is 408 g/mol. The first kappa shape index (κ1) is 21.5. The summed E-state index contributed by atoms with van der Waals surface area (Å²) in [5, 5.41) is 0. The molecule has 3 aromatic rings. The first-order valence-corrected chi connectivity index (χ1v) is 10.8. The van der Waals surface area contributed by atoms with Crippen molar-refractivity contribution in [2.24, 2.45) is 0 Å². The molecule has 1 aromatic heterocycles. The molecule has 8 nitrogen and oxygen atoms in total. The van der Waals surface area contributed by atoms with Crippen LogP contribution < -0.4 is 9.64 Å². The van der Waals surface area contributed by atoms with Crippen molar-refractivity contribution in [3.05, 3.63) is 60.3 Å². The molecule has 0 unspecified atom stereocenters. The van der Waals surface area contributed by atoms with E-state index < -0.39 is 5.97 Å². The van der Waals surface area contributed by atoms with E-state index in [9.17, 15) is 9.59 Å². The van der Waals surface area contributed by atoms with Crippen LogP contribution in [0.15, 0.2) is 54.6 Å². The number of carbonyl (C=O) groups excluding carboxylic acids is 2. The monoisotopic (exact) mass is 434 g/mol. The van der Waals surface area contributed by atoms with Crippen LogP contribution in [-0.4, -0.2) is 66.1 Å². The summed E-state index contributed by atoms with van der Waals surface area (Å²) in [4.78, 5) is 38.3. The highest BCUT2D eigenvalue weighted by atomic mass is 16.5. The molecule has 8 heteroatoms. The van der Waals surface area contributed by atoms with E-state index in [0.29, 0.717) is 48.8 Å². The zero-order chi connectivity index (χ0) is 22.3. The van der Waals surface area contributed by atoms with E-state index in [4.69, 9.17) is 14.5 Å². The van der Waals surface area contributed by atoms with Crippen molar-refractivity contribution in [2.75, 3.05) is 44.3 Å². The van der Waals surface area contributed by atoms with Crippen molar-refractivity contribution in [1.82, 2.24) is 14.9 Å². The van der Waals surface area contributed by atoms with Gasteiger partial charge in [0.25, 0.3) is 5.91 Å². The second-order valence-corrected chi connectivity index (χ2v) is 7.43. The molecule has 0 N–H and O–H groups in total. The molecule has 166 valence electrons. The maximum absolute atomic E-state index is 12.7. The Morgan fingerprint density at radius 2 is 1.62 bits per heavy atom. The van der Waals surface area contributed by atoms with Gasteiger partial charge in [0.2, 0.25) is 0 Å². The van der Waals surface area contributed by atoms with Crippen LogP contribution in [0.1, 0.15) is 23.8 Å². The second-order valence-electron chi connectivity index (χ2n) is 7.43. The summed E-state index contributed by atoms with van der Waals surface area (Å²) in [6.07, 6.45) is 0.744. The van der Waals surface area contributed by atoms with Crippen molar-refractivity contribution >= 4 is 28.7 Å². The fourth-order valence-electron chi connectivity index (χ4n) is 3.68. The fraction of sp³-hybridized carbons (Fsp3) is 0.333. The van der Waals surface area contributed by atoms with Gasteiger partial charge >= 0.3 is 5.97 Å². The van der Waals surface area contributed by atoms with Gasteiger partial charge in [-0.15, -0.1) is 0 Å². The van der Waals surface area contributed by atoms with Gasteiger partial charge in [0.1, 0.15) is 5.75 Å². The summed E-state index contributed by atoms with van der Waals surface area (Å²) in [7, 11) is 0. The van der Waals surface area contributed by atoms with Crippen LogP contribution in [0.25, 0.3) is 11.0 Å². The van der Waals surface area contributed by atoms with Gasteiger partial charge in [-0.1, -0.05) is 30.3 Å². The van der Waals surface area contributed by atoms with Crippen molar-refractivity contribution in [3.8, 4) is 5.75 Å². The number of esters is 1. The van der Waals surface area contributed by atoms with Gasteiger partial charge in [-0.3, -0.25) is 4.79 Å². The number of rotatable bonds is 6. The van der Waals surface area contributed by atoms with Gasteiger partial charge in [-0.05, 0) is 37.6 Å². The Morgan fingerprint density at radius 1 is 0.906 bits per heavy atom. The van der Waals surface area contributed by atoms with E-state index in [1.807, 2.05) is 59.5 Å². The van der Waals surface area contributed by atoms with Crippen molar-refractivity contribution in [1.29, 1.82) is 0 Å². The molecule has 0 saturated carbocycles. The van der Waals surface area contributed by atoms with Crippen LogP contribution in [0.5, 0.6) is 5.75 Å². The Kier molecular flexibility index (Phi) is 6.79. The molecule has 32 heavy (non-hydrogen) atoms. The van der Waals surface area contributed by atoms with E-state index in [-0.39, 0.29) is 24.8 Å². The lowest BCUT2D eigenvalue weighted by Crippen LogP contribution is -2.38. The third-order valence-corrected chi connectivity index (χ3v) is 5.27. The number of anilines is 1. The fourth-order valence-corrected chi connectivity index (χ4v) is 3.68. The van der Waals surface area contributed by atoms with E-state index in [0.717, 1.165) is 6.42 Å². The SMILES string of the molecule is CCOC(=O)c1nc2ccccc2nc1N1CCCN(C(=O)COc2ccccc2)CC1. The minimum absolute atomic E-state index is 0.00608. The summed E-state index contributed by atoms with van der Waals surface area (Å²) in [6, 6.07) is 16.7. The normalized spacial score (nSPS) is 14.2. The summed E-state index contributed by atoms with van der Waals surface area (Å²) >= 11 is 0. The van der Waals surface area contributed by atoms with Gasteiger partial charge in [0, 0.05) is 26.2 Å². The number of ether oxygens (including phenoxy) is 2. The third kappa shape index (κ3) is 4.96. The van der Waals surface area contributed by atoms with Gasteiger partial charge in [-0.25, -0.2) is 14.8 Å². The predicted octanol–water partition coefficient (Wildman–Crippen LogP) is 2.92. The van der Waals surface area contributed by atoms with Gasteiger partial charge in [0.05, 0.1) is 17.6 Å². The Balaban J connectivity index is 1.49. The number of para-hydroxylation sites is 3. The highest BCUT2D eigenvalue weighted by molar-refractivity contribution is 5.95. The number of benzene rings is 2. The highest BCUT2D eigenvalue weighted by Gasteiger charge is 2.26. The number of fused-ring (bicyclic) bond motifs is 1. The summed E-state index contributed by atoms with van der Waals surface area (Å²) in [5.74, 6) is 0.611. The van der Waals surface area contributed by atoms with Gasteiger partial charge < -0.3 is 19.3 Å². The van der Waals surface area contributed by atoms with E-state index in [1.165, 1.54) is 0 Å². The zero-order valence-electron chi connectivity index (χ0n) is 18.1. The van der Waals surface area contributed by atoms with E-state index >= 15 is 0 Å². The second kappa shape index (κ2) is 10.1.